The molecule has 3 aromatic carbocycles. The first-order chi connectivity index (χ1) is 21.5. The van der Waals surface area contributed by atoms with Crippen molar-refractivity contribution in [2.45, 2.75) is 31.8 Å². The van der Waals surface area contributed by atoms with Gasteiger partial charge in [0.25, 0.3) is 5.91 Å². The Hall–Kier alpha value is -4.05. The van der Waals surface area contributed by atoms with Gasteiger partial charge in [0.2, 0.25) is 0 Å². The summed E-state index contributed by atoms with van der Waals surface area (Å²) in [7, 11) is 0. The summed E-state index contributed by atoms with van der Waals surface area (Å²) >= 11 is 0. The van der Waals surface area contributed by atoms with Crippen LogP contribution in [0.2, 0.25) is 0 Å². The second-order valence-corrected chi connectivity index (χ2v) is 11.6. The van der Waals surface area contributed by atoms with Crippen molar-refractivity contribution in [2.24, 2.45) is 5.92 Å². The lowest BCUT2D eigenvalue weighted by Crippen LogP contribution is -2.42. The van der Waals surface area contributed by atoms with E-state index in [1.165, 1.54) is 12.8 Å². The number of hydrogen-bond donors (Lipinski definition) is 4. The van der Waals surface area contributed by atoms with Gasteiger partial charge >= 0.3 is 6.09 Å². The minimum atomic E-state index is -0.436. The molecule has 0 atom stereocenters. The monoisotopic (exact) mass is 597 g/mol. The predicted molar refractivity (Wildman–Crippen MR) is 173 cm³/mol. The first-order valence-corrected chi connectivity index (χ1v) is 15.7. The maximum atomic E-state index is 12.7. The highest BCUT2D eigenvalue weighted by Gasteiger charge is 2.23. The number of carbonyl (C=O) groups excluding carboxylic acids is 3. The number of anilines is 1. The molecule has 2 aliphatic rings. The van der Waals surface area contributed by atoms with Gasteiger partial charge in [0.1, 0.15) is 6.10 Å². The van der Waals surface area contributed by atoms with E-state index in [4.69, 9.17) is 4.74 Å². The van der Waals surface area contributed by atoms with E-state index in [9.17, 15) is 14.4 Å². The van der Waals surface area contributed by atoms with E-state index in [2.05, 4.69) is 26.2 Å². The number of amides is 2. The molecule has 0 spiro atoms. The third-order valence-electron chi connectivity index (χ3n) is 8.11. The molecule has 2 amide bonds. The Morgan fingerprint density at radius 1 is 0.773 bits per heavy atom. The lowest BCUT2D eigenvalue weighted by molar-refractivity contribution is 0.0593. The van der Waals surface area contributed by atoms with Gasteiger partial charge in [-0.05, 0) is 61.9 Å². The van der Waals surface area contributed by atoms with E-state index in [0.29, 0.717) is 24.2 Å². The third-order valence-corrected chi connectivity index (χ3v) is 8.11. The Kier molecular flexibility index (Phi) is 11.5. The van der Waals surface area contributed by atoms with Crippen molar-refractivity contribution in [1.29, 1.82) is 0 Å². The zero-order valence-electron chi connectivity index (χ0n) is 25.2. The Morgan fingerprint density at radius 2 is 1.52 bits per heavy atom. The fraction of sp³-hybridized carbons (Fsp3) is 0.400. The number of nitrogens with zero attached hydrogens (tertiary/aromatic N) is 1. The summed E-state index contributed by atoms with van der Waals surface area (Å²) in [6.07, 6.45) is 3.56. The molecule has 0 aromatic heterocycles. The normalized spacial score (nSPS) is 15.5. The van der Waals surface area contributed by atoms with Gasteiger partial charge in [0.15, 0.2) is 5.78 Å². The molecule has 232 valence electrons. The van der Waals surface area contributed by atoms with E-state index in [1.54, 1.807) is 24.3 Å². The molecule has 1 aliphatic heterocycles. The zero-order valence-corrected chi connectivity index (χ0v) is 25.2. The highest BCUT2D eigenvalue weighted by atomic mass is 16.6. The standard InChI is InChI=1S/C35H43N5O4/c41-33(28-9-6-10-29(23-28)34(42)38-18-17-36-24-26-13-14-26)25-37-19-22-40-20-15-30(16-21-40)44-35(43)39-32-12-5-4-11-31(32)27-7-2-1-3-8-27/h1-12,23,26,30,36-37H,13-22,24-25H2,(H,38,42)(H,39,43). The Morgan fingerprint density at radius 3 is 2.32 bits per heavy atom. The molecule has 1 heterocycles. The molecule has 0 bridgehead atoms. The highest BCUT2D eigenvalue weighted by molar-refractivity contribution is 6.01. The van der Waals surface area contributed by atoms with Gasteiger partial charge in [-0.2, -0.15) is 0 Å². The smallest absolute Gasteiger partial charge is 0.411 e. The maximum Gasteiger partial charge on any atom is 0.411 e. The molecule has 0 radical (unpaired) electrons. The first-order valence-electron chi connectivity index (χ1n) is 15.7. The van der Waals surface area contributed by atoms with Crippen LogP contribution in [0, 0.1) is 5.92 Å². The van der Waals surface area contributed by atoms with Crippen LogP contribution in [0.1, 0.15) is 46.4 Å². The van der Waals surface area contributed by atoms with Crippen LogP contribution in [0.4, 0.5) is 10.5 Å². The number of Topliss-reactive ketones (excluding diaryl/α,β-unsaturated/α-hetero) is 1. The van der Waals surface area contributed by atoms with E-state index in [-0.39, 0.29) is 24.3 Å². The lowest BCUT2D eigenvalue weighted by atomic mass is 10.0. The minimum absolute atomic E-state index is 0.0438. The number of carbonyl (C=O) groups is 3. The minimum Gasteiger partial charge on any atom is -0.446 e. The van der Waals surface area contributed by atoms with Crippen LogP contribution in [-0.2, 0) is 4.74 Å². The summed E-state index contributed by atoms with van der Waals surface area (Å²) in [5.41, 5.74) is 3.73. The van der Waals surface area contributed by atoms with Gasteiger partial charge < -0.3 is 25.6 Å². The quantitative estimate of drug-likeness (QED) is 0.150. The summed E-state index contributed by atoms with van der Waals surface area (Å²) in [6.45, 7) is 5.64. The molecule has 4 N–H and O–H groups in total. The van der Waals surface area contributed by atoms with Crippen LogP contribution in [-0.4, -0.2) is 81.1 Å². The SMILES string of the molecule is O=C(Nc1ccccc1-c1ccccc1)OC1CCN(CCNCC(=O)c2cccc(C(=O)NCCNCC3CC3)c2)CC1. The summed E-state index contributed by atoms with van der Waals surface area (Å²) in [5, 5.41) is 12.4. The second-order valence-electron chi connectivity index (χ2n) is 11.6. The Bertz CT molecular complexity index is 1390. The molecule has 9 heteroatoms. The molecule has 9 nitrogen and oxygen atoms in total. The molecule has 3 aromatic rings. The molecular weight excluding hydrogens is 554 g/mol. The molecule has 44 heavy (non-hydrogen) atoms. The van der Waals surface area contributed by atoms with Gasteiger partial charge in [-0.25, -0.2) is 4.79 Å². The predicted octanol–water partition coefficient (Wildman–Crippen LogP) is 4.57. The second kappa shape index (κ2) is 16.1. The summed E-state index contributed by atoms with van der Waals surface area (Å²) < 4.78 is 5.74. The van der Waals surface area contributed by atoms with Crippen LogP contribution >= 0.6 is 0 Å². The van der Waals surface area contributed by atoms with Crippen molar-refractivity contribution in [1.82, 2.24) is 20.9 Å². The number of piperidine rings is 1. The van der Waals surface area contributed by atoms with Crippen molar-refractivity contribution < 1.29 is 19.1 Å². The fourth-order valence-electron chi connectivity index (χ4n) is 5.37. The summed E-state index contributed by atoms with van der Waals surface area (Å²) in [5.74, 6) is 0.601. The molecule has 1 saturated carbocycles. The van der Waals surface area contributed by atoms with E-state index >= 15 is 0 Å². The lowest BCUT2D eigenvalue weighted by Gasteiger charge is -2.31. The number of rotatable bonds is 15. The molecule has 0 unspecified atom stereocenters. The van der Waals surface area contributed by atoms with Crippen LogP contribution in [0.5, 0.6) is 0 Å². The van der Waals surface area contributed by atoms with Crippen molar-refractivity contribution in [3.05, 3.63) is 90.0 Å². The molecule has 1 aliphatic carbocycles. The van der Waals surface area contributed by atoms with Crippen molar-refractivity contribution in [2.75, 3.05) is 57.7 Å². The average Bonchev–Trinajstić information content (AvgIpc) is 3.89. The largest absolute Gasteiger partial charge is 0.446 e. The molecule has 1 saturated heterocycles. The van der Waals surface area contributed by atoms with Crippen LogP contribution in [0.15, 0.2) is 78.9 Å². The molecule has 5 rings (SSSR count). The molecular formula is C35H43N5O4. The van der Waals surface area contributed by atoms with Crippen molar-refractivity contribution >= 4 is 23.5 Å². The van der Waals surface area contributed by atoms with Gasteiger partial charge in [-0.1, -0.05) is 60.7 Å². The van der Waals surface area contributed by atoms with E-state index < -0.39 is 6.09 Å². The topological polar surface area (TPSA) is 112 Å². The number of likely N-dealkylation sites (tertiary alicyclic amines) is 1. The van der Waals surface area contributed by atoms with E-state index in [1.807, 2.05) is 54.6 Å². The average molecular weight is 598 g/mol. The summed E-state index contributed by atoms with van der Waals surface area (Å²) in [6, 6.07) is 24.6. The Balaban J connectivity index is 0.963. The summed E-state index contributed by atoms with van der Waals surface area (Å²) in [4.78, 5) is 40.2. The van der Waals surface area contributed by atoms with Gasteiger partial charge in [0, 0.05) is 56.0 Å². The zero-order chi connectivity index (χ0) is 30.6. The number of benzene rings is 3. The Labute approximate surface area is 259 Å². The van der Waals surface area contributed by atoms with Crippen LogP contribution < -0.4 is 21.3 Å². The third kappa shape index (κ3) is 9.74. The van der Waals surface area contributed by atoms with Gasteiger partial charge in [-0.3, -0.25) is 14.9 Å². The first kappa shape index (κ1) is 31.4. The van der Waals surface area contributed by atoms with Gasteiger partial charge in [0.05, 0.1) is 12.2 Å². The van der Waals surface area contributed by atoms with Crippen LogP contribution in [0.25, 0.3) is 11.1 Å². The van der Waals surface area contributed by atoms with Gasteiger partial charge in [-0.15, -0.1) is 0 Å². The number of ketones is 1. The van der Waals surface area contributed by atoms with Crippen LogP contribution in [0.3, 0.4) is 0 Å². The number of hydrogen-bond acceptors (Lipinski definition) is 7. The van der Waals surface area contributed by atoms with Crippen molar-refractivity contribution in [3.63, 3.8) is 0 Å². The molecule has 2 fully saturated rings. The van der Waals surface area contributed by atoms with E-state index in [0.717, 1.165) is 68.3 Å². The highest BCUT2D eigenvalue weighted by Crippen LogP contribution is 2.28. The fourth-order valence-corrected chi connectivity index (χ4v) is 5.37. The number of nitrogens with one attached hydrogen (secondary N) is 4. The number of para-hydroxylation sites is 1. The number of ether oxygens (including phenoxy) is 1. The maximum absolute atomic E-state index is 12.7. The van der Waals surface area contributed by atoms with Crippen molar-refractivity contribution in [3.8, 4) is 11.1 Å².